The molecule has 1 aromatic heterocycles. The molecule has 4 aromatic carbocycles. The second-order valence-corrected chi connectivity index (χ2v) is 24.9. The molecular weight excluding hydrogens is 1090 g/mol. The highest BCUT2D eigenvalue weighted by atomic mass is 32.2. The molecule has 0 spiro atoms. The summed E-state index contributed by atoms with van der Waals surface area (Å²) in [4.78, 5) is 69.0. The lowest BCUT2D eigenvalue weighted by Gasteiger charge is -2.67. The van der Waals surface area contributed by atoms with Gasteiger partial charge in [-0.3, -0.25) is 9.59 Å². The number of aryl methyl sites for hydroxylation is 1. The first-order valence-electron chi connectivity index (χ1n) is 27.3. The Bertz CT molecular complexity index is 3380. The lowest BCUT2D eigenvalue weighted by molar-refractivity contribution is -0.346. The van der Waals surface area contributed by atoms with Crippen molar-refractivity contribution in [1.82, 2.24) is 9.88 Å². The van der Waals surface area contributed by atoms with Crippen molar-refractivity contribution in [1.29, 1.82) is 0 Å². The largest absolute Gasteiger partial charge is 0.494 e. The zero-order valence-corrected chi connectivity index (χ0v) is 48.8. The average molecular weight is 1160 g/mol. The number of nitrogens with zero attached hydrogens (tertiary/aromatic N) is 1. The van der Waals surface area contributed by atoms with E-state index in [-0.39, 0.29) is 34.6 Å². The van der Waals surface area contributed by atoms with E-state index in [2.05, 4.69) is 11.4 Å². The lowest BCUT2D eigenvalue weighted by Crippen LogP contribution is -2.81. The summed E-state index contributed by atoms with van der Waals surface area (Å²) in [6.45, 7) is 16.4. The minimum atomic E-state index is -3.69. The molecule has 1 saturated heterocycles. The summed E-state index contributed by atoms with van der Waals surface area (Å²) in [5.74, 6) is -4.53. The molecule has 21 heteroatoms. The number of aliphatic hydroxyl groups is 4. The van der Waals surface area contributed by atoms with Gasteiger partial charge >= 0.3 is 24.0 Å². The quantitative estimate of drug-likeness (QED) is 0.0403. The second-order valence-electron chi connectivity index (χ2n) is 23.3. The first-order chi connectivity index (χ1) is 38.9. The fourth-order valence-corrected chi connectivity index (χ4v) is 12.8. The van der Waals surface area contributed by atoms with Gasteiger partial charge in [-0.05, 0) is 143 Å². The first-order valence-corrected chi connectivity index (χ1v) is 28.8. The summed E-state index contributed by atoms with van der Waals surface area (Å²) in [5, 5.41) is 56.7. The van der Waals surface area contributed by atoms with E-state index in [1.807, 2.05) is 48.9 Å². The smallest absolute Gasteiger partial charge is 0.408 e. The number of ketones is 1. The van der Waals surface area contributed by atoms with Crippen molar-refractivity contribution in [3.05, 3.63) is 149 Å². The van der Waals surface area contributed by atoms with Gasteiger partial charge in [-0.15, -0.1) is 0 Å². The number of hydrogen-bond donors (Lipinski definition) is 6. The number of nitrogens with two attached hydrogens (primary N) is 1. The predicted octanol–water partition coefficient (Wildman–Crippen LogP) is 6.76. The van der Waals surface area contributed by atoms with Crippen LogP contribution < -0.4 is 15.2 Å². The van der Waals surface area contributed by atoms with Crippen molar-refractivity contribution in [3.8, 4) is 22.7 Å². The number of nitrogens with one attached hydrogen (secondary N) is 1. The maximum Gasteiger partial charge on any atom is 0.408 e. The van der Waals surface area contributed by atoms with Gasteiger partial charge in [0.2, 0.25) is 10.0 Å². The molecule has 7 N–H and O–H groups in total. The monoisotopic (exact) mass is 1160 g/mol. The van der Waals surface area contributed by atoms with Crippen LogP contribution in [0.15, 0.2) is 137 Å². The third-order valence-electron chi connectivity index (χ3n) is 16.4. The Morgan fingerprint density at radius 2 is 1.51 bits per heavy atom. The number of Topliss-reactive ketones (excluding diaryl/α,β-unsaturated/α-hetero) is 1. The van der Waals surface area contributed by atoms with Crippen LogP contribution in [0, 0.1) is 23.7 Å². The van der Waals surface area contributed by atoms with E-state index in [0.717, 1.165) is 35.2 Å². The highest BCUT2D eigenvalue weighted by Gasteiger charge is 2.78. The molecule has 20 nitrogen and oxygen atoms in total. The highest BCUT2D eigenvalue weighted by molar-refractivity contribution is 7.89. The normalized spacial score (nSPS) is 27.0. The number of esters is 3. The van der Waals surface area contributed by atoms with Crippen LogP contribution in [0.1, 0.15) is 103 Å². The summed E-state index contributed by atoms with van der Waals surface area (Å²) < 4.78 is 59.9. The number of carbonyl (C=O) groups is 5. The predicted molar refractivity (Wildman–Crippen MR) is 302 cm³/mol. The van der Waals surface area contributed by atoms with E-state index >= 15 is 0 Å². The second kappa shape index (κ2) is 23.4. The number of aliphatic hydroxyl groups excluding tert-OH is 3. The summed E-state index contributed by atoms with van der Waals surface area (Å²) in [5.41, 5.74) is -4.09. The Hall–Kier alpha value is -7.24. The van der Waals surface area contributed by atoms with Gasteiger partial charge in [0, 0.05) is 37.1 Å². The van der Waals surface area contributed by atoms with Crippen LogP contribution in [0.25, 0.3) is 16.9 Å². The van der Waals surface area contributed by atoms with Crippen molar-refractivity contribution in [2.45, 2.75) is 146 Å². The van der Waals surface area contributed by atoms with Crippen LogP contribution in [-0.4, -0.2) is 130 Å². The Kier molecular flexibility index (Phi) is 17.5. The number of amides is 1. The van der Waals surface area contributed by atoms with Crippen LogP contribution in [0.2, 0.25) is 0 Å². The number of primary sulfonamides is 1. The van der Waals surface area contributed by atoms with E-state index < -0.39 is 122 Å². The van der Waals surface area contributed by atoms with Gasteiger partial charge in [-0.2, -0.15) is 0 Å². The molecule has 2 heterocycles. The first kappa shape index (κ1) is 61.8. The molecular formula is C62H73N3O17S. The van der Waals surface area contributed by atoms with E-state index in [4.69, 9.17) is 33.6 Å². The van der Waals surface area contributed by atoms with Gasteiger partial charge in [0.25, 0.3) is 0 Å². The number of alkyl carbamates (subject to hydrolysis) is 1. The molecule has 4 aliphatic rings. The minimum Gasteiger partial charge on any atom is -0.494 e. The zero-order chi connectivity index (χ0) is 60.8. The topological polar surface area (TPSA) is 299 Å². The Balaban J connectivity index is 0.000000299. The van der Waals surface area contributed by atoms with Crippen molar-refractivity contribution in [2.24, 2.45) is 21.9 Å². The maximum absolute atomic E-state index is 14.9. The van der Waals surface area contributed by atoms with E-state index in [9.17, 15) is 52.8 Å². The van der Waals surface area contributed by atoms with E-state index in [1.54, 1.807) is 95.3 Å². The van der Waals surface area contributed by atoms with Crippen molar-refractivity contribution in [3.63, 3.8) is 0 Å². The summed E-state index contributed by atoms with van der Waals surface area (Å²) in [7, 11) is -3.69. The number of ether oxygens (including phenoxy) is 6. The third-order valence-corrected chi connectivity index (χ3v) is 17.4. The molecule has 5 aromatic rings. The van der Waals surface area contributed by atoms with Crippen molar-refractivity contribution >= 4 is 39.8 Å². The molecule has 444 valence electrons. The summed E-state index contributed by atoms with van der Waals surface area (Å²) in [6, 6.07) is 31.1. The SMILES string of the molecule is CC(=O)O[C@@]12CO[C@@H]1C[C@H](O)[C@@]1(C)C(=O)[C@H](O)C3=C(C)[C@@H](OC(=O)[C@H](O)[C@@H](NC(=O)OC(C)(C)C)c4ccccc4)C[C@@](O)([C@@H](OC(=O)c4ccccc4)[C@H]21)C3(C)C.CCOc1ccc(-c2cc(C)cn2-c2ccc(S(N)(=O)=O)cc2)cc1. The molecule has 9 rings (SSSR count). The Labute approximate surface area is 482 Å². The molecule has 2 saturated carbocycles. The Morgan fingerprint density at radius 1 is 0.892 bits per heavy atom. The van der Waals surface area contributed by atoms with Gasteiger partial charge in [-0.25, -0.2) is 27.9 Å². The standard InChI is InChI=1S/C43H53NO14.C19H20N2O3S/c1-22-26(55-37(51)32(48)30(24-15-11-9-12-16-24)44-38(52)58-39(3,4)5)20-43(53)35(56-36(50)25-17-13-10-14-18-25)33-41(8,34(49)31(47)29(22)40(43,6)7)27(46)19-28-42(33,21-54-28)57-23(2)45;1-3-24-17-8-4-15(5-9-17)19-12-14(2)13-21(19)16-6-10-18(11-7-16)25(20,22)23/h9-18,26-28,30-33,35,46-48,53H,19-21H2,1-8H3,(H,44,52);4-13H,3H2,1-2H3,(H2,20,22,23)/t26-,27-,28+,30-,31+,32+,33-,35-,41+,42-,43+;/m0./s1. The number of aromatic nitrogens is 1. The van der Waals surface area contributed by atoms with Crippen molar-refractivity contribution in [2.75, 3.05) is 13.2 Å². The lowest BCUT2D eigenvalue weighted by atomic mass is 9.44. The molecule has 3 aliphatic carbocycles. The molecule has 1 aliphatic heterocycles. The molecule has 1 amide bonds. The van der Waals surface area contributed by atoms with Crippen LogP contribution >= 0.6 is 0 Å². The average Bonchev–Trinajstić information content (AvgIpc) is 1.00. The number of fused-ring (bicyclic) bond motifs is 5. The maximum atomic E-state index is 14.9. The van der Waals surface area contributed by atoms with E-state index in [1.165, 1.54) is 38.1 Å². The number of hydrogen-bond acceptors (Lipinski definition) is 17. The molecule has 83 heavy (non-hydrogen) atoms. The van der Waals surface area contributed by atoms with Crippen LogP contribution in [0.4, 0.5) is 4.79 Å². The molecule has 2 bridgehead atoms. The number of rotatable bonds is 13. The van der Waals surface area contributed by atoms with Gasteiger partial charge in [0.05, 0.1) is 52.8 Å². The van der Waals surface area contributed by atoms with Gasteiger partial charge in [-0.1, -0.05) is 62.4 Å². The summed E-state index contributed by atoms with van der Waals surface area (Å²) in [6.07, 6.45) is -9.47. The Morgan fingerprint density at radius 3 is 2.06 bits per heavy atom. The fourth-order valence-electron chi connectivity index (χ4n) is 12.3. The van der Waals surface area contributed by atoms with E-state index in [0.29, 0.717) is 12.2 Å². The van der Waals surface area contributed by atoms with Crippen LogP contribution in [-0.2, 0) is 48.1 Å². The summed E-state index contributed by atoms with van der Waals surface area (Å²) >= 11 is 0. The number of sulfonamides is 1. The number of carbonyl (C=O) groups excluding carboxylic acids is 5. The third kappa shape index (κ3) is 12.0. The molecule has 0 unspecified atom stereocenters. The van der Waals surface area contributed by atoms with Gasteiger partial charge in [0.1, 0.15) is 41.4 Å². The van der Waals surface area contributed by atoms with Gasteiger partial charge in [0.15, 0.2) is 17.5 Å². The van der Waals surface area contributed by atoms with Crippen LogP contribution in [0.5, 0.6) is 5.75 Å². The number of benzene rings is 4. The molecule has 3 fully saturated rings. The minimum absolute atomic E-state index is 0.0637. The molecule has 0 radical (unpaired) electrons. The molecule has 11 atom stereocenters. The fraction of sp³-hybridized carbons (Fsp3) is 0.435. The zero-order valence-electron chi connectivity index (χ0n) is 48.0. The van der Waals surface area contributed by atoms with Gasteiger partial charge < -0.3 is 58.7 Å². The highest BCUT2D eigenvalue weighted by Crippen LogP contribution is 2.64. The van der Waals surface area contributed by atoms with Crippen molar-refractivity contribution < 1.29 is 81.2 Å². The van der Waals surface area contributed by atoms with Crippen LogP contribution in [0.3, 0.4) is 0 Å².